The van der Waals surface area contributed by atoms with Gasteiger partial charge in [-0.3, -0.25) is 10.1 Å². The lowest BCUT2D eigenvalue weighted by Crippen LogP contribution is -2.11. The molecule has 3 rings (SSSR count). The number of carbonyl (C=O) groups is 2. The summed E-state index contributed by atoms with van der Waals surface area (Å²) in [4.78, 5) is 28.4. The highest BCUT2D eigenvalue weighted by Crippen LogP contribution is 2.27. The average molecular weight is 384 g/mol. The van der Waals surface area contributed by atoms with Crippen LogP contribution in [0, 0.1) is 5.92 Å². The van der Waals surface area contributed by atoms with Crippen molar-refractivity contribution >= 4 is 38.6 Å². The summed E-state index contributed by atoms with van der Waals surface area (Å²) in [6.45, 7) is 4.78. The lowest BCUT2D eigenvalue weighted by molar-refractivity contribution is 0.0601. The fourth-order valence-electron chi connectivity index (χ4n) is 2.36. The molecule has 1 aromatic heterocycles. The average Bonchev–Trinajstić information content (AvgIpc) is 3.07. The van der Waals surface area contributed by atoms with Gasteiger partial charge in [-0.15, -0.1) is 0 Å². The summed E-state index contributed by atoms with van der Waals surface area (Å²) in [6, 6.07) is 12.1. The maximum Gasteiger partial charge on any atom is 0.337 e. The number of rotatable bonds is 6. The number of hydrogen-bond acceptors (Lipinski definition) is 6. The summed E-state index contributed by atoms with van der Waals surface area (Å²) < 4.78 is 11.1. The van der Waals surface area contributed by atoms with E-state index in [0.717, 1.165) is 10.4 Å². The van der Waals surface area contributed by atoms with Gasteiger partial charge in [0.05, 0.1) is 29.5 Å². The first kappa shape index (κ1) is 18.8. The molecule has 0 fully saturated rings. The number of ether oxygens (including phenoxy) is 2. The van der Waals surface area contributed by atoms with Gasteiger partial charge in [-0.05, 0) is 48.4 Å². The van der Waals surface area contributed by atoms with Crippen molar-refractivity contribution in [3.05, 3.63) is 53.6 Å². The van der Waals surface area contributed by atoms with Crippen molar-refractivity contribution in [1.29, 1.82) is 0 Å². The molecule has 0 unspecified atom stereocenters. The van der Waals surface area contributed by atoms with Gasteiger partial charge in [0.1, 0.15) is 5.75 Å². The molecule has 6 nitrogen and oxygen atoms in total. The largest absolute Gasteiger partial charge is 0.493 e. The van der Waals surface area contributed by atoms with Crippen LogP contribution in [-0.2, 0) is 4.74 Å². The molecule has 140 valence electrons. The second-order valence-electron chi connectivity index (χ2n) is 6.38. The van der Waals surface area contributed by atoms with Gasteiger partial charge in [0.15, 0.2) is 5.13 Å². The minimum atomic E-state index is -0.407. The van der Waals surface area contributed by atoms with E-state index in [4.69, 9.17) is 9.47 Å². The zero-order valence-electron chi connectivity index (χ0n) is 15.3. The van der Waals surface area contributed by atoms with Gasteiger partial charge in [-0.2, -0.15) is 0 Å². The normalized spacial score (nSPS) is 10.8. The number of thiazole rings is 1. The second kappa shape index (κ2) is 8.18. The van der Waals surface area contributed by atoms with Crippen molar-refractivity contribution in [2.24, 2.45) is 5.92 Å². The first-order valence-corrected chi connectivity index (χ1v) is 9.31. The van der Waals surface area contributed by atoms with Gasteiger partial charge < -0.3 is 9.47 Å². The second-order valence-corrected chi connectivity index (χ2v) is 7.41. The fraction of sp³-hybridized carbons (Fsp3) is 0.250. The number of nitrogens with one attached hydrogen (secondary N) is 1. The topological polar surface area (TPSA) is 77.5 Å². The third kappa shape index (κ3) is 4.62. The van der Waals surface area contributed by atoms with Crippen LogP contribution < -0.4 is 10.1 Å². The van der Waals surface area contributed by atoms with Gasteiger partial charge in [-0.25, -0.2) is 9.78 Å². The monoisotopic (exact) mass is 384 g/mol. The van der Waals surface area contributed by atoms with Gasteiger partial charge in [0.2, 0.25) is 0 Å². The highest BCUT2D eigenvalue weighted by atomic mass is 32.1. The van der Waals surface area contributed by atoms with E-state index in [9.17, 15) is 9.59 Å². The maximum absolute atomic E-state index is 12.4. The van der Waals surface area contributed by atoms with Gasteiger partial charge in [-0.1, -0.05) is 25.2 Å². The Morgan fingerprint density at radius 2 is 1.81 bits per heavy atom. The molecule has 1 N–H and O–H groups in total. The molecular formula is C20H20N2O4S. The number of esters is 1. The van der Waals surface area contributed by atoms with Crippen LogP contribution in [0.4, 0.5) is 5.13 Å². The van der Waals surface area contributed by atoms with E-state index in [0.29, 0.717) is 34.3 Å². The van der Waals surface area contributed by atoms with Crippen molar-refractivity contribution in [3.8, 4) is 5.75 Å². The Morgan fingerprint density at radius 3 is 2.48 bits per heavy atom. The molecular weight excluding hydrogens is 364 g/mol. The van der Waals surface area contributed by atoms with Crippen LogP contribution >= 0.6 is 11.3 Å². The minimum absolute atomic E-state index is 0.252. The number of nitrogens with zero attached hydrogens (tertiary/aromatic N) is 1. The summed E-state index contributed by atoms with van der Waals surface area (Å²) in [5, 5.41) is 3.26. The Hall–Kier alpha value is -2.93. The van der Waals surface area contributed by atoms with Gasteiger partial charge in [0.25, 0.3) is 5.91 Å². The molecule has 0 saturated heterocycles. The van der Waals surface area contributed by atoms with Crippen LogP contribution in [0.5, 0.6) is 5.75 Å². The van der Waals surface area contributed by atoms with Crippen LogP contribution in [0.15, 0.2) is 42.5 Å². The smallest absolute Gasteiger partial charge is 0.337 e. The van der Waals surface area contributed by atoms with E-state index in [1.54, 1.807) is 42.5 Å². The van der Waals surface area contributed by atoms with E-state index < -0.39 is 5.97 Å². The maximum atomic E-state index is 12.4. The van der Waals surface area contributed by atoms with Crippen molar-refractivity contribution in [3.63, 3.8) is 0 Å². The van der Waals surface area contributed by atoms with Crippen molar-refractivity contribution in [1.82, 2.24) is 4.98 Å². The minimum Gasteiger partial charge on any atom is -0.493 e. The van der Waals surface area contributed by atoms with E-state index in [-0.39, 0.29) is 5.91 Å². The molecule has 0 spiro atoms. The molecule has 0 aliphatic heterocycles. The number of aromatic nitrogens is 1. The zero-order valence-corrected chi connectivity index (χ0v) is 16.1. The van der Waals surface area contributed by atoms with Crippen LogP contribution in [-0.4, -0.2) is 30.6 Å². The number of anilines is 1. The van der Waals surface area contributed by atoms with E-state index in [2.05, 4.69) is 24.1 Å². The molecule has 27 heavy (non-hydrogen) atoms. The number of hydrogen-bond donors (Lipinski definition) is 1. The van der Waals surface area contributed by atoms with Gasteiger partial charge >= 0.3 is 5.97 Å². The highest BCUT2D eigenvalue weighted by molar-refractivity contribution is 7.22. The quantitative estimate of drug-likeness (QED) is 0.639. The molecule has 0 atom stereocenters. The molecule has 0 bridgehead atoms. The fourth-order valence-corrected chi connectivity index (χ4v) is 3.26. The Balaban J connectivity index is 1.70. The van der Waals surface area contributed by atoms with Crippen molar-refractivity contribution in [2.45, 2.75) is 13.8 Å². The Bertz CT molecular complexity index is 964. The van der Waals surface area contributed by atoms with Crippen molar-refractivity contribution < 1.29 is 19.1 Å². The lowest BCUT2D eigenvalue weighted by Gasteiger charge is -2.09. The van der Waals surface area contributed by atoms with Crippen LogP contribution in [0.25, 0.3) is 10.2 Å². The van der Waals surface area contributed by atoms with E-state index in [1.165, 1.54) is 18.4 Å². The summed E-state index contributed by atoms with van der Waals surface area (Å²) in [5.74, 6) is 0.510. The van der Waals surface area contributed by atoms with Gasteiger partial charge in [0, 0.05) is 5.56 Å². The predicted molar refractivity (Wildman–Crippen MR) is 106 cm³/mol. The molecule has 1 heterocycles. The predicted octanol–water partition coefficient (Wildman–Crippen LogP) is 4.37. The Labute approximate surface area is 161 Å². The van der Waals surface area contributed by atoms with E-state index >= 15 is 0 Å². The third-order valence-electron chi connectivity index (χ3n) is 3.73. The van der Waals surface area contributed by atoms with Crippen molar-refractivity contribution in [2.75, 3.05) is 19.0 Å². The standard InChI is InChI=1S/C20H20N2O4S/c1-12(2)11-26-15-7-4-13(5-8-15)18(23)22-20-21-16-9-6-14(19(24)25-3)10-17(16)27-20/h4-10,12H,11H2,1-3H3,(H,21,22,23). The third-order valence-corrected chi connectivity index (χ3v) is 4.66. The summed E-state index contributed by atoms with van der Waals surface area (Å²) >= 11 is 1.30. The Morgan fingerprint density at radius 1 is 1.11 bits per heavy atom. The van der Waals surface area contributed by atoms with Crippen LogP contribution in [0.1, 0.15) is 34.6 Å². The van der Waals surface area contributed by atoms with Crippen LogP contribution in [0.3, 0.4) is 0 Å². The first-order valence-electron chi connectivity index (χ1n) is 8.49. The number of amides is 1. The molecule has 0 radical (unpaired) electrons. The highest BCUT2D eigenvalue weighted by Gasteiger charge is 2.12. The number of benzene rings is 2. The Kier molecular flexibility index (Phi) is 5.71. The summed E-state index contributed by atoms with van der Waals surface area (Å²) in [5.41, 5.74) is 1.67. The number of methoxy groups -OCH3 is 1. The number of fused-ring (bicyclic) bond motifs is 1. The first-order chi connectivity index (χ1) is 13.0. The van der Waals surface area contributed by atoms with Crippen LogP contribution in [0.2, 0.25) is 0 Å². The molecule has 0 aliphatic rings. The number of carbonyl (C=O) groups excluding carboxylic acids is 2. The molecule has 7 heteroatoms. The SMILES string of the molecule is COC(=O)c1ccc2nc(NC(=O)c3ccc(OCC(C)C)cc3)sc2c1. The van der Waals surface area contributed by atoms with E-state index in [1.807, 2.05) is 0 Å². The lowest BCUT2D eigenvalue weighted by atomic mass is 10.2. The molecule has 2 aromatic carbocycles. The molecule has 3 aromatic rings. The molecule has 1 amide bonds. The zero-order chi connectivity index (χ0) is 19.4. The summed E-state index contributed by atoms with van der Waals surface area (Å²) in [7, 11) is 1.34. The summed E-state index contributed by atoms with van der Waals surface area (Å²) in [6.07, 6.45) is 0. The molecule has 0 saturated carbocycles. The molecule has 0 aliphatic carbocycles.